The summed E-state index contributed by atoms with van der Waals surface area (Å²) in [5.41, 5.74) is 0.896. The van der Waals surface area contributed by atoms with Gasteiger partial charge < -0.3 is 5.11 Å². The molecule has 11 heavy (non-hydrogen) atoms. The molecule has 1 aliphatic carbocycles. The molecular formula is C7H9BrN2O. The van der Waals surface area contributed by atoms with Crippen LogP contribution in [0.25, 0.3) is 0 Å². The average molecular weight is 217 g/mol. The van der Waals surface area contributed by atoms with Gasteiger partial charge in [0.2, 0.25) is 0 Å². The van der Waals surface area contributed by atoms with Crippen molar-refractivity contribution in [3.05, 3.63) is 16.4 Å². The number of hydrogen-bond donors (Lipinski definition) is 1. The highest BCUT2D eigenvalue weighted by Crippen LogP contribution is 2.36. The molecule has 3 nitrogen and oxygen atoms in total. The summed E-state index contributed by atoms with van der Waals surface area (Å²) in [7, 11) is 0. The maximum Gasteiger partial charge on any atom is 0.0861 e. The normalized spacial score (nSPS) is 17.3. The summed E-state index contributed by atoms with van der Waals surface area (Å²) in [6.07, 6.45) is 4.13. The minimum Gasteiger partial charge on any atom is -0.390 e. The lowest BCUT2D eigenvalue weighted by Crippen LogP contribution is -2.02. The van der Waals surface area contributed by atoms with Crippen molar-refractivity contribution in [2.24, 2.45) is 0 Å². The second-order valence-electron chi connectivity index (χ2n) is 2.77. The molecule has 2 rings (SSSR count). The quantitative estimate of drug-likeness (QED) is 0.814. The second-order valence-corrected chi connectivity index (χ2v) is 3.63. The third-order valence-electron chi connectivity index (χ3n) is 1.89. The van der Waals surface area contributed by atoms with Crippen LogP contribution in [0.15, 0.2) is 10.7 Å². The molecule has 1 N–H and O–H groups in total. The lowest BCUT2D eigenvalue weighted by molar-refractivity contribution is 0.267. The van der Waals surface area contributed by atoms with E-state index >= 15 is 0 Å². The number of hydrogen-bond acceptors (Lipinski definition) is 2. The second kappa shape index (κ2) is 2.60. The summed E-state index contributed by atoms with van der Waals surface area (Å²) in [6, 6.07) is 0.545. The van der Waals surface area contributed by atoms with E-state index in [1.807, 2.05) is 4.68 Å². The SMILES string of the molecule is OCc1c(Br)cnn1C1CC1. The molecule has 0 unspecified atom stereocenters. The van der Waals surface area contributed by atoms with Crippen molar-refractivity contribution >= 4 is 15.9 Å². The molecule has 0 aliphatic heterocycles. The Kier molecular flexibility index (Phi) is 1.73. The van der Waals surface area contributed by atoms with Crippen LogP contribution in [-0.2, 0) is 6.61 Å². The molecule has 1 aromatic heterocycles. The van der Waals surface area contributed by atoms with E-state index in [-0.39, 0.29) is 6.61 Å². The summed E-state index contributed by atoms with van der Waals surface area (Å²) in [5, 5.41) is 13.1. The molecule has 0 amide bonds. The standard InChI is InChI=1S/C7H9BrN2O/c8-6-3-9-10(5-1-2-5)7(6)4-11/h3,5,11H,1-2,4H2. The third-order valence-corrected chi connectivity index (χ3v) is 2.55. The zero-order chi connectivity index (χ0) is 7.84. The number of aromatic nitrogens is 2. The summed E-state index contributed by atoms with van der Waals surface area (Å²) in [5.74, 6) is 0. The van der Waals surface area contributed by atoms with Crippen molar-refractivity contribution in [1.82, 2.24) is 9.78 Å². The zero-order valence-corrected chi connectivity index (χ0v) is 7.58. The van der Waals surface area contributed by atoms with Gasteiger partial charge in [-0.3, -0.25) is 4.68 Å². The Morgan fingerprint density at radius 2 is 2.45 bits per heavy atom. The highest BCUT2D eigenvalue weighted by molar-refractivity contribution is 9.10. The molecule has 1 fully saturated rings. The monoisotopic (exact) mass is 216 g/mol. The van der Waals surface area contributed by atoms with Crippen molar-refractivity contribution in [1.29, 1.82) is 0 Å². The number of rotatable bonds is 2. The van der Waals surface area contributed by atoms with Crippen LogP contribution in [0.3, 0.4) is 0 Å². The first-order valence-corrected chi connectivity index (χ1v) is 4.45. The van der Waals surface area contributed by atoms with Crippen molar-refractivity contribution in [2.45, 2.75) is 25.5 Å². The van der Waals surface area contributed by atoms with Gasteiger partial charge in [-0.05, 0) is 28.8 Å². The first-order valence-electron chi connectivity index (χ1n) is 3.65. The van der Waals surface area contributed by atoms with E-state index in [1.165, 1.54) is 12.8 Å². The van der Waals surface area contributed by atoms with E-state index in [1.54, 1.807) is 6.20 Å². The van der Waals surface area contributed by atoms with E-state index in [0.717, 1.165) is 10.2 Å². The van der Waals surface area contributed by atoms with Gasteiger partial charge in [-0.15, -0.1) is 0 Å². The van der Waals surface area contributed by atoms with E-state index in [0.29, 0.717) is 6.04 Å². The molecule has 0 radical (unpaired) electrons. The van der Waals surface area contributed by atoms with Crippen LogP contribution in [0, 0.1) is 0 Å². The Morgan fingerprint density at radius 1 is 1.73 bits per heavy atom. The van der Waals surface area contributed by atoms with Crippen LogP contribution in [0.1, 0.15) is 24.6 Å². The molecule has 0 aromatic carbocycles. The fourth-order valence-electron chi connectivity index (χ4n) is 1.15. The van der Waals surface area contributed by atoms with Crippen LogP contribution < -0.4 is 0 Å². The lowest BCUT2D eigenvalue weighted by atomic mass is 10.4. The zero-order valence-electron chi connectivity index (χ0n) is 6.00. The molecular weight excluding hydrogens is 208 g/mol. The van der Waals surface area contributed by atoms with E-state index in [4.69, 9.17) is 5.11 Å². The van der Waals surface area contributed by atoms with E-state index < -0.39 is 0 Å². The minimum atomic E-state index is 0.0666. The Bertz CT molecular complexity index is 267. The molecule has 60 valence electrons. The van der Waals surface area contributed by atoms with Crippen LogP contribution in [0.5, 0.6) is 0 Å². The fourth-order valence-corrected chi connectivity index (χ4v) is 1.55. The molecule has 0 spiro atoms. The van der Waals surface area contributed by atoms with Gasteiger partial charge >= 0.3 is 0 Å². The molecule has 1 aromatic rings. The fraction of sp³-hybridized carbons (Fsp3) is 0.571. The van der Waals surface area contributed by atoms with Gasteiger partial charge in [0.15, 0.2) is 0 Å². The lowest BCUT2D eigenvalue weighted by Gasteiger charge is -2.01. The van der Waals surface area contributed by atoms with E-state index in [9.17, 15) is 0 Å². The number of aliphatic hydroxyl groups excluding tert-OH is 1. The Balaban J connectivity index is 2.36. The van der Waals surface area contributed by atoms with Gasteiger partial charge in [0.05, 0.1) is 29.0 Å². The average Bonchev–Trinajstić information content (AvgIpc) is 2.76. The summed E-state index contributed by atoms with van der Waals surface area (Å²) in [4.78, 5) is 0. The number of halogens is 1. The van der Waals surface area contributed by atoms with Crippen LogP contribution in [0.2, 0.25) is 0 Å². The highest BCUT2D eigenvalue weighted by atomic mass is 79.9. The number of aliphatic hydroxyl groups is 1. The van der Waals surface area contributed by atoms with Gasteiger partial charge in [-0.2, -0.15) is 5.10 Å². The first kappa shape index (κ1) is 7.31. The van der Waals surface area contributed by atoms with E-state index in [2.05, 4.69) is 21.0 Å². The predicted octanol–water partition coefficient (Wildman–Crippen LogP) is 1.47. The Labute approximate surface area is 73.2 Å². The van der Waals surface area contributed by atoms with Gasteiger partial charge in [0.25, 0.3) is 0 Å². The van der Waals surface area contributed by atoms with Crippen LogP contribution in [-0.4, -0.2) is 14.9 Å². The first-order chi connectivity index (χ1) is 5.33. The van der Waals surface area contributed by atoms with Gasteiger partial charge in [-0.1, -0.05) is 0 Å². The van der Waals surface area contributed by atoms with Crippen LogP contribution in [0.4, 0.5) is 0 Å². The summed E-state index contributed by atoms with van der Waals surface area (Å²) >= 11 is 3.33. The predicted molar refractivity (Wildman–Crippen MR) is 44.1 cm³/mol. The molecule has 0 atom stereocenters. The molecule has 0 saturated heterocycles. The smallest absolute Gasteiger partial charge is 0.0861 e. The molecule has 1 saturated carbocycles. The summed E-state index contributed by atoms with van der Waals surface area (Å²) in [6.45, 7) is 0.0666. The van der Waals surface area contributed by atoms with Gasteiger partial charge in [0.1, 0.15) is 0 Å². The van der Waals surface area contributed by atoms with Gasteiger partial charge in [0, 0.05) is 0 Å². The topological polar surface area (TPSA) is 38.1 Å². The molecule has 0 bridgehead atoms. The Morgan fingerprint density at radius 3 is 3.00 bits per heavy atom. The molecule has 1 aliphatic rings. The number of nitrogens with zero attached hydrogens (tertiary/aromatic N) is 2. The van der Waals surface area contributed by atoms with Gasteiger partial charge in [-0.25, -0.2) is 0 Å². The van der Waals surface area contributed by atoms with Crippen molar-refractivity contribution in [3.8, 4) is 0 Å². The minimum absolute atomic E-state index is 0.0666. The third kappa shape index (κ3) is 1.20. The molecule has 4 heteroatoms. The van der Waals surface area contributed by atoms with Crippen molar-refractivity contribution in [3.63, 3.8) is 0 Å². The summed E-state index contributed by atoms with van der Waals surface area (Å²) < 4.78 is 2.82. The van der Waals surface area contributed by atoms with Crippen LogP contribution >= 0.6 is 15.9 Å². The maximum atomic E-state index is 8.97. The highest BCUT2D eigenvalue weighted by Gasteiger charge is 2.26. The molecule has 1 heterocycles. The van der Waals surface area contributed by atoms with Crippen molar-refractivity contribution in [2.75, 3.05) is 0 Å². The van der Waals surface area contributed by atoms with Crippen molar-refractivity contribution < 1.29 is 5.11 Å². The largest absolute Gasteiger partial charge is 0.390 e. The Hall–Kier alpha value is -0.350. The maximum absolute atomic E-state index is 8.97.